The molecule has 10 rings (SSSR count). The molecular weight excluding hydrogens is 1380 g/mol. The molecule has 0 spiro atoms. The lowest BCUT2D eigenvalue weighted by Crippen LogP contribution is -2.41. The highest BCUT2D eigenvalue weighted by molar-refractivity contribution is 5.76. The molecule has 9 aliphatic heterocycles. The first-order chi connectivity index (χ1) is 52.7. The third kappa shape index (κ3) is 49.2. The summed E-state index contributed by atoms with van der Waals surface area (Å²) in [6, 6.07) is 9.25. The molecule has 3 amide bonds. The Hall–Kier alpha value is -4.25. The van der Waals surface area contributed by atoms with Crippen LogP contribution in [-0.2, 0) is 52.2 Å². The summed E-state index contributed by atoms with van der Waals surface area (Å²) in [4.78, 5) is 47.6. The molecule has 20 nitrogen and oxygen atoms in total. The number of likely N-dealkylation sites (N-methyl/N-ethyl adjacent to an activating group) is 1. The SMILES string of the molecule is C=C(C)N1CCOC(CCC)C1.C=C(OC)N1CCOC(CCC)C1.CCC1CCN(C(=O)CC(C)C)CC1.CCC1CCN(C(=O)OC(C)C)CC1.CCC1CCN(C(=O)Oc2ccccc2)CC1.CCCC1CCCCCO1.CCCC1CN(C)CCO1.CCCC1COCCO1.CCCC1COCCOC1. The smallest absolute Gasteiger partial charge is 0.415 e. The average Bonchev–Trinajstić information content (AvgIpc) is 1.07. The molecule has 9 heterocycles. The van der Waals surface area contributed by atoms with Gasteiger partial charge in [0.2, 0.25) is 5.91 Å². The van der Waals surface area contributed by atoms with Crippen molar-refractivity contribution in [1.82, 2.24) is 29.4 Å². The van der Waals surface area contributed by atoms with Gasteiger partial charge in [-0.1, -0.05) is 172 Å². The number of hydrogen-bond acceptors (Lipinski definition) is 17. The highest BCUT2D eigenvalue weighted by Crippen LogP contribution is 2.25. The number of hydrogen-bond donors (Lipinski definition) is 0. The van der Waals surface area contributed by atoms with Gasteiger partial charge in [-0.05, 0) is 160 Å². The Morgan fingerprint density at radius 2 is 0.872 bits per heavy atom. The maximum atomic E-state index is 11.9. The quantitative estimate of drug-likeness (QED) is 0.100. The Balaban J connectivity index is 0.000000419. The molecule has 1 aromatic carbocycles. The molecule has 1 aromatic rings. The third-order valence-electron chi connectivity index (χ3n) is 21.3. The minimum atomic E-state index is -0.217. The second-order valence-corrected chi connectivity index (χ2v) is 31.7. The standard InChI is InChI=1S/C14H19NO2.C12H23NO.C11H21NO2.C10H19NO2.C10H19NO.C9H18O.C8H17NO.C8H16O2.C7H14O2/c1-2-12-8-10-15(11-9-12)14(16)17-13-6-4-3-5-7-13;1-4-11-5-7-13(8-6-11)12(14)9-10(2)3;1-4-10-5-7-12(8-6-10)11(13)14-9(2)3;1-4-5-10-8-11(6-7-13-10)9(2)12-3;1-4-5-10-8-11(9(2)3)6-7-12-10;1-2-6-9-7-4-3-5-8-10-9;1-3-4-8-7-9(2)5-6-10-8;1-2-3-8-6-9-4-5-10-7-8;1-2-3-7-6-8-4-5-9-7/h3-7,12H,2,8-11H2,1H3;10-11H,4-9H2,1-3H3;9-10H,4-8H2,1-3H3;10H,2,4-8H2,1,3H3;10H,2,4-8H2,1,3H3;9H,2-8H2,1H3;8H,3-7H2,1-2H3;8H,2-7H2,1H3;7H,2-6H2,1H3. The highest BCUT2D eigenvalue weighted by atomic mass is 16.6. The Labute approximate surface area is 667 Å². The summed E-state index contributed by atoms with van der Waals surface area (Å²) in [6.45, 7) is 58.4. The molecule has 0 radical (unpaired) electrons. The van der Waals surface area contributed by atoms with Gasteiger partial charge in [-0.3, -0.25) is 4.79 Å². The largest absolute Gasteiger partial charge is 0.483 e. The average molecular weight is 1540 g/mol. The van der Waals surface area contributed by atoms with Crippen LogP contribution in [0.1, 0.15) is 264 Å². The van der Waals surface area contributed by atoms with Crippen LogP contribution in [0.3, 0.4) is 0 Å². The van der Waals surface area contributed by atoms with Gasteiger partial charge < -0.3 is 81.5 Å². The van der Waals surface area contributed by atoms with Gasteiger partial charge in [0.05, 0.1) is 110 Å². The highest BCUT2D eigenvalue weighted by Gasteiger charge is 2.27. The zero-order valence-corrected chi connectivity index (χ0v) is 72.7. The van der Waals surface area contributed by atoms with Crippen LogP contribution in [0.4, 0.5) is 9.59 Å². The zero-order chi connectivity index (χ0) is 80.2. The van der Waals surface area contributed by atoms with E-state index in [9.17, 15) is 14.4 Å². The van der Waals surface area contributed by atoms with Crippen molar-refractivity contribution in [2.75, 3.05) is 165 Å². The van der Waals surface area contributed by atoms with Crippen molar-refractivity contribution in [3.8, 4) is 5.75 Å². The Kier molecular flexibility index (Phi) is 60.2. The van der Waals surface area contributed by atoms with Gasteiger partial charge in [0.25, 0.3) is 0 Å². The number of benzene rings is 1. The molecular formula is C89H166N6O14. The number of piperidine rings is 3. The van der Waals surface area contributed by atoms with E-state index < -0.39 is 0 Å². The Morgan fingerprint density at radius 3 is 1.33 bits per heavy atom. The van der Waals surface area contributed by atoms with E-state index in [0.717, 1.165) is 226 Å². The second-order valence-electron chi connectivity index (χ2n) is 31.7. The Bertz CT molecular complexity index is 2250. The van der Waals surface area contributed by atoms with Crippen LogP contribution in [0, 0.1) is 29.6 Å². The van der Waals surface area contributed by atoms with Crippen molar-refractivity contribution in [3.63, 3.8) is 0 Å². The normalized spacial score (nSPS) is 22.5. The lowest BCUT2D eigenvalue weighted by atomic mass is 9.94. The molecule has 0 aromatic heterocycles. The number of allylic oxidation sites excluding steroid dienone is 1. The van der Waals surface area contributed by atoms with Crippen LogP contribution >= 0.6 is 0 Å². The minimum Gasteiger partial charge on any atom is -0.483 e. The first-order valence-electron chi connectivity index (χ1n) is 43.8. The maximum Gasteiger partial charge on any atom is 0.415 e. The van der Waals surface area contributed by atoms with Gasteiger partial charge >= 0.3 is 12.2 Å². The number of ether oxygens (including phenoxy) is 11. The van der Waals surface area contributed by atoms with Crippen molar-refractivity contribution in [1.29, 1.82) is 0 Å². The van der Waals surface area contributed by atoms with Crippen LogP contribution in [0.15, 0.2) is 55.1 Å². The molecule has 9 aliphatic rings. The number of rotatable bonds is 22. The fourth-order valence-electron chi connectivity index (χ4n) is 14.3. The van der Waals surface area contributed by atoms with Crippen LogP contribution < -0.4 is 4.74 Å². The van der Waals surface area contributed by atoms with Gasteiger partial charge in [-0.15, -0.1) is 0 Å². The van der Waals surface area contributed by atoms with Gasteiger partial charge in [-0.2, -0.15) is 0 Å². The van der Waals surface area contributed by atoms with Gasteiger partial charge in [0.1, 0.15) is 5.75 Å². The summed E-state index contributed by atoms with van der Waals surface area (Å²) >= 11 is 0. The monoisotopic (exact) mass is 1540 g/mol. The van der Waals surface area contributed by atoms with Crippen molar-refractivity contribution < 1.29 is 66.5 Å². The van der Waals surface area contributed by atoms with Crippen molar-refractivity contribution >= 4 is 18.1 Å². The van der Waals surface area contributed by atoms with Crippen molar-refractivity contribution in [3.05, 3.63) is 55.1 Å². The Morgan fingerprint density at radius 1 is 0.440 bits per heavy atom. The molecule has 9 saturated heterocycles. The van der Waals surface area contributed by atoms with E-state index in [2.05, 4.69) is 118 Å². The molecule has 5 unspecified atom stereocenters. The van der Waals surface area contributed by atoms with Gasteiger partial charge in [-0.25, -0.2) is 9.59 Å². The lowest BCUT2D eigenvalue weighted by Gasteiger charge is -2.34. The molecule has 0 N–H and O–H groups in total. The van der Waals surface area contributed by atoms with Crippen molar-refractivity contribution in [2.45, 2.75) is 300 Å². The van der Waals surface area contributed by atoms with Crippen molar-refractivity contribution in [2.24, 2.45) is 29.6 Å². The zero-order valence-electron chi connectivity index (χ0n) is 72.7. The molecule has 0 bridgehead atoms. The molecule has 109 heavy (non-hydrogen) atoms. The summed E-state index contributed by atoms with van der Waals surface area (Å²) in [5, 5.41) is 0. The second kappa shape index (κ2) is 65.1. The molecule has 5 atom stereocenters. The fraction of sp³-hybridized carbons (Fsp3) is 0.854. The minimum absolute atomic E-state index is 0.00796. The lowest BCUT2D eigenvalue weighted by molar-refractivity contribution is -0.133. The van der Waals surface area contributed by atoms with Crippen LogP contribution in [0.5, 0.6) is 5.75 Å². The summed E-state index contributed by atoms with van der Waals surface area (Å²) in [5.74, 6) is 5.31. The topological polar surface area (TPSA) is 172 Å². The molecule has 9 fully saturated rings. The first-order valence-corrected chi connectivity index (χ1v) is 43.8. The number of carbonyl (C=O) groups is 3. The first kappa shape index (κ1) is 101. The maximum absolute atomic E-state index is 11.9. The molecule has 0 saturated carbocycles. The molecule has 0 aliphatic carbocycles. The predicted octanol–water partition coefficient (Wildman–Crippen LogP) is 18.8. The third-order valence-corrected chi connectivity index (χ3v) is 21.3. The number of methoxy groups -OCH3 is 1. The van der Waals surface area contributed by atoms with E-state index in [-0.39, 0.29) is 18.3 Å². The number of carbonyl (C=O) groups excluding carboxylic acids is 3. The van der Waals surface area contributed by atoms with E-state index >= 15 is 0 Å². The number of para-hydroxylation sites is 1. The van der Waals surface area contributed by atoms with E-state index in [1.165, 1.54) is 121 Å². The molecule has 20 heteroatoms. The number of morpholine rings is 3. The number of likely N-dealkylation sites (tertiary alicyclic amines) is 3. The fourth-order valence-corrected chi connectivity index (χ4v) is 14.3. The van der Waals surface area contributed by atoms with Gasteiger partial charge in [0.15, 0.2) is 5.88 Å². The summed E-state index contributed by atoms with van der Waals surface area (Å²) < 4.78 is 59.2. The van der Waals surface area contributed by atoms with Crippen LogP contribution in [-0.4, -0.2) is 249 Å². The number of amides is 3. The predicted molar refractivity (Wildman–Crippen MR) is 446 cm³/mol. The summed E-state index contributed by atoms with van der Waals surface area (Å²) in [6.07, 6.45) is 33.0. The summed E-state index contributed by atoms with van der Waals surface area (Å²) in [7, 11) is 3.82. The molecule has 636 valence electrons. The number of nitrogens with zero attached hydrogens (tertiary/aromatic N) is 6. The summed E-state index contributed by atoms with van der Waals surface area (Å²) in [5.41, 5.74) is 1.17. The van der Waals surface area contributed by atoms with Crippen LogP contribution in [0.25, 0.3) is 0 Å². The van der Waals surface area contributed by atoms with E-state index in [1.54, 1.807) is 24.1 Å². The van der Waals surface area contributed by atoms with E-state index in [0.29, 0.717) is 54.0 Å². The van der Waals surface area contributed by atoms with Gasteiger partial charge in [0, 0.05) is 103 Å². The van der Waals surface area contributed by atoms with E-state index in [1.807, 2.05) is 41.8 Å². The van der Waals surface area contributed by atoms with Crippen LogP contribution in [0.2, 0.25) is 0 Å². The van der Waals surface area contributed by atoms with E-state index in [4.69, 9.17) is 52.1 Å².